The van der Waals surface area contributed by atoms with E-state index in [1.165, 1.54) is 10.4 Å². The van der Waals surface area contributed by atoms with Crippen LogP contribution < -0.4 is 10.4 Å². The lowest BCUT2D eigenvalue weighted by Gasteiger charge is -2.43. The zero-order valence-corrected chi connectivity index (χ0v) is 23.5. The Bertz CT molecular complexity index is 1230. The zero-order valence-electron chi connectivity index (χ0n) is 21.7. The van der Waals surface area contributed by atoms with E-state index in [0.29, 0.717) is 17.9 Å². The summed E-state index contributed by atoms with van der Waals surface area (Å²) >= 11 is 0. The standard InChI is InChI=1S/C30H37NO3SSi/c1-25-18-20-27(21-19-25)35(32,33)31-23-12-11-13-26(31)22-24-34-36(30(2,3)4,28-14-7-5-8-15-28)29-16-9-6-10-17-29/h5-10,12,14-21,23,26H,11,13,22,24H2,1-4H3/t26-/m0/s1. The summed E-state index contributed by atoms with van der Waals surface area (Å²) in [6.07, 6.45) is 5.98. The molecule has 3 aromatic rings. The number of nitrogens with zero attached hydrogens (tertiary/aromatic N) is 1. The van der Waals surface area contributed by atoms with Crippen molar-refractivity contribution in [3.8, 4) is 0 Å². The van der Waals surface area contributed by atoms with Gasteiger partial charge in [0, 0.05) is 18.8 Å². The second kappa shape index (κ2) is 10.7. The van der Waals surface area contributed by atoms with Crippen molar-refractivity contribution in [2.75, 3.05) is 6.61 Å². The van der Waals surface area contributed by atoms with E-state index in [-0.39, 0.29) is 11.1 Å². The first-order valence-electron chi connectivity index (χ1n) is 12.7. The maximum absolute atomic E-state index is 13.5. The Hall–Kier alpha value is -2.67. The fourth-order valence-corrected chi connectivity index (χ4v) is 11.4. The minimum Gasteiger partial charge on any atom is -0.407 e. The van der Waals surface area contributed by atoms with E-state index in [1.54, 1.807) is 22.6 Å². The van der Waals surface area contributed by atoms with Crippen LogP contribution in [0.3, 0.4) is 0 Å². The van der Waals surface area contributed by atoms with Crippen molar-refractivity contribution in [1.29, 1.82) is 0 Å². The topological polar surface area (TPSA) is 46.6 Å². The molecule has 190 valence electrons. The van der Waals surface area contributed by atoms with Gasteiger partial charge in [0.2, 0.25) is 0 Å². The number of allylic oxidation sites excluding steroid dienone is 1. The highest BCUT2D eigenvalue weighted by Gasteiger charge is 2.50. The molecule has 0 aliphatic carbocycles. The van der Waals surface area contributed by atoms with Gasteiger partial charge >= 0.3 is 0 Å². The van der Waals surface area contributed by atoms with Crippen LogP contribution in [0.1, 0.15) is 45.6 Å². The molecule has 36 heavy (non-hydrogen) atoms. The third-order valence-corrected chi connectivity index (χ3v) is 13.9. The molecule has 6 heteroatoms. The first kappa shape index (κ1) is 26.4. The van der Waals surface area contributed by atoms with Gasteiger partial charge in [-0.25, -0.2) is 8.42 Å². The van der Waals surface area contributed by atoms with Crippen LogP contribution in [0, 0.1) is 6.92 Å². The van der Waals surface area contributed by atoms with Gasteiger partial charge in [-0.3, -0.25) is 4.31 Å². The van der Waals surface area contributed by atoms with E-state index in [2.05, 4.69) is 69.3 Å². The van der Waals surface area contributed by atoms with Gasteiger partial charge in [0.25, 0.3) is 18.3 Å². The number of hydrogen-bond acceptors (Lipinski definition) is 3. The molecule has 0 saturated carbocycles. The van der Waals surface area contributed by atoms with Crippen molar-refractivity contribution in [3.63, 3.8) is 0 Å². The third kappa shape index (κ3) is 5.22. The minimum absolute atomic E-state index is 0.115. The van der Waals surface area contributed by atoms with Crippen molar-refractivity contribution in [2.45, 2.75) is 62.9 Å². The third-order valence-electron chi connectivity index (χ3n) is 7.06. The van der Waals surface area contributed by atoms with Crippen molar-refractivity contribution in [2.24, 2.45) is 0 Å². The SMILES string of the molecule is Cc1ccc(S(=O)(=O)N2C=CCC[C@H]2CCO[Si](c2ccccc2)(c2ccccc2)C(C)(C)C)cc1. The second-order valence-corrected chi connectivity index (χ2v) is 16.7. The van der Waals surface area contributed by atoms with Crippen LogP contribution >= 0.6 is 0 Å². The van der Waals surface area contributed by atoms with Gasteiger partial charge in [0.15, 0.2) is 0 Å². The van der Waals surface area contributed by atoms with Crippen molar-refractivity contribution < 1.29 is 12.8 Å². The van der Waals surface area contributed by atoms with E-state index in [9.17, 15) is 8.42 Å². The lowest BCUT2D eigenvalue weighted by molar-refractivity contribution is 0.242. The number of hydrogen-bond donors (Lipinski definition) is 0. The summed E-state index contributed by atoms with van der Waals surface area (Å²) in [4.78, 5) is 0.331. The van der Waals surface area contributed by atoms with Crippen LogP contribution in [0.25, 0.3) is 0 Å². The largest absolute Gasteiger partial charge is 0.407 e. The van der Waals surface area contributed by atoms with Crippen LogP contribution in [0.5, 0.6) is 0 Å². The first-order chi connectivity index (χ1) is 17.2. The summed E-state index contributed by atoms with van der Waals surface area (Å²) in [5, 5.41) is 2.35. The maximum Gasteiger partial charge on any atom is 0.264 e. The maximum atomic E-state index is 13.5. The molecule has 0 bridgehead atoms. The summed E-state index contributed by atoms with van der Waals surface area (Å²) in [6, 6.07) is 28.1. The average Bonchev–Trinajstić information content (AvgIpc) is 2.87. The molecule has 0 saturated heterocycles. The predicted octanol–water partition coefficient (Wildman–Crippen LogP) is 5.63. The molecule has 0 fully saturated rings. The molecule has 0 radical (unpaired) electrons. The highest BCUT2D eigenvalue weighted by atomic mass is 32.2. The molecule has 0 N–H and O–H groups in total. The summed E-state index contributed by atoms with van der Waals surface area (Å²) in [5.74, 6) is 0. The molecule has 1 heterocycles. The molecule has 0 amide bonds. The highest BCUT2D eigenvalue weighted by Crippen LogP contribution is 2.37. The van der Waals surface area contributed by atoms with Crippen molar-refractivity contribution >= 4 is 28.7 Å². The molecular formula is C30H37NO3SSi. The molecule has 1 atom stereocenters. The Kier molecular flexibility index (Phi) is 7.88. The summed E-state index contributed by atoms with van der Waals surface area (Å²) in [7, 11) is -6.28. The van der Waals surface area contributed by atoms with E-state index >= 15 is 0 Å². The Labute approximate surface area is 217 Å². The smallest absolute Gasteiger partial charge is 0.264 e. The first-order valence-corrected chi connectivity index (χ1v) is 16.0. The molecular weight excluding hydrogens is 482 g/mol. The summed E-state index contributed by atoms with van der Waals surface area (Å²) in [5.41, 5.74) is 1.04. The molecule has 1 aliphatic heterocycles. The van der Waals surface area contributed by atoms with E-state index < -0.39 is 18.3 Å². The van der Waals surface area contributed by atoms with Crippen molar-refractivity contribution in [1.82, 2.24) is 4.31 Å². The number of benzene rings is 3. The van der Waals surface area contributed by atoms with Crippen LogP contribution in [0.2, 0.25) is 5.04 Å². The van der Waals surface area contributed by atoms with Gasteiger partial charge in [-0.2, -0.15) is 0 Å². The van der Waals surface area contributed by atoms with E-state index in [4.69, 9.17) is 4.43 Å². The molecule has 4 rings (SSSR count). The number of rotatable bonds is 8. The van der Waals surface area contributed by atoms with Gasteiger partial charge < -0.3 is 4.43 Å². The van der Waals surface area contributed by atoms with Crippen molar-refractivity contribution in [3.05, 3.63) is 103 Å². The number of aryl methyl sites for hydroxylation is 1. The summed E-state index contributed by atoms with van der Waals surface area (Å²) in [6.45, 7) is 9.23. The minimum atomic E-state index is -3.62. The van der Waals surface area contributed by atoms with Gasteiger partial charge in [0.1, 0.15) is 0 Å². The molecule has 4 nitrogen and oxygen atoms in total. The van der Waals surface area contributed by atoms with Crippen LogP contribution in [-0.2, 0) is 14.4 Å². The second-order valence-electron chi connectivity index (χ2n) is 10.6. The Balaban J connectivity index is 1.63. The number of sulfonamides is 1. The highest BCUT2D eigenvalue weighted by molar-refractivity contribution is 7.89. The van der Waals surface area contributed by atoms with Gasteiger partial charge in [-0.15, -0.1) is 0 Å². The Morgan fingerprint density at radius 1 is 0.889 bits per heavy atom. The summed E-state index contributed by atoms with van der Waals surface area (Å²) < 4.78 is 35.6. The molecule has 0 spiro atoms. The molecule has 0 aromatic heterocycles. The fraction of sp³-hybridized carbons (Fsp3) is 0.333. The van der Waals surface area contributed by atoms with Crippen LogP contribution in [-0.4, -0.2) is 33.7 Å². The van der Waals surface area contributed by atoms with Gasteiger partial charge in [-0.1, -0.05) is 105 Å². The average molecular weight is 520 g/mol. The van der Waals surface area contributed by atoms with Gasteiger partial charge in [-0.05, 0) is 53.7 Å². The Morgan fingerprint density at radius 2 is 1.44 bits per heavy atom. The predicted molar refractivity (Wildman–Crippen MR) is 151 cm³/mol. The molecule has 1 aliphatic rings. The van der Waals surface area contributed by atoms with E-state index in [0.717, 1.165) is 18.4 Å². The van der Waals surface area contributed by atoms with E-state index in [1.807, 2.05) is 37.3 Å². The monoisotopic (exact) mass is 519 g/mol. The zero-order chi connectivity index (χ0) is 25.8. The van der Waals surface area contributed by atoms with Crippen LogP contribution in [0.4, 0.5) is 0 Å². The lowest BCUT2D eigenvalue weighted by atomic mass is 10.1. The fourth-order valence-electron chi connectivity index (χ4n) is 5.21. The Morgan fingerprint density at radius 3 is 1.97 bits per heavy atom. The molecule has 0 unspecified atom stereocenters. The van der Waals surface area contributed by atoms with Crippen LogP contribution in [0.15, 0.2) is 102 Å². The normalized spacial score (nSPS) is 16.8. The van der Waals surface area contributed by atoms with Gasteiger partial charge in [0.05, 0.1) is 4.90 Å². The molecule has 3 aromatic carbocycles. The lowest BCUT2D eigenvalue weighted by Crippen LogP contribution is -2.66. The quantitative estimate of drug-likeness (QED) is 0.363.